The van der Waals surface area contributed by atoms with Crippen molar-refractivity contribution < 1.29 is 4.79 Å². The first-order valence-electron chi connectivity index (χ1n) is 3.01. The van der Waals surface area contributed by atoms with Gasteiger partial charge in [0.05, 0.1) is 11.9 Å². The summed E-state index contributed by atoms with van der Waals surface area (Å²) < 4.78 is 0. The van der Waals surface area contributed by atoms with E-state index in [1.54, 1.807) is 0 Å². The minimum absolute atomic E-state index is 0.196. The summed E-state index contributed by atoms with van der Waals surface area (Å²) in [6.07, 6.45) is 2.68. The molecule has 58 valence electrons. The van der Waals surface area contributed by atoms with Crippen molar-refractivity contribution in [3.8, 4) is 0 Å². The Kier molecular flexibility index (Phi) is 2.00. The Morgan fingerprint density at radius 2 is 2.45 bits per heavy atom. The third kappa shape index (κ3) is 2.21. The molecule has 0 radical (unpaired) electrons. The van der Waals surface area contributed by atoms with Crippen molar-refractivity contribution in [1.29, 1.82) is 0 Å². The number of amides is 1. The Morgan fingerprint density at radius 1 is 1.73 bits per heavy atom. The van der Waals surface area contributed by atoms with Gasteiger partial charge < -0.3 is 10.3 Å². The van der Waals surface area contributed by atoms with Gasteiger partial charge >= 0.3 is 5.69 Å². The number of nitrogens with zero attached hydrogens (tertiary/aromatic N) is 1. The number of carbonyl (C=O) groups excluding carboxylic acids is 1. The molecule has 0 aliphatic heterocycles. The van der Waals surface area contributed by atoms with Crippen molar-refractivity contribution in [1.82, 2.24) is 9.97 Å². The molecular weight excluding hydrogens is 146 g/mol. The lowest BCUT2D eigenvalue weighted by atomic mass is 10.5. The first-order valence-corrected chi connectivity index (χ1v) is 3.01. The predicted molar refractivity (Wildman–Crippen MR) is 39.2 cm³/mol. The molecule has 0 aromatic carbocycles. The van der Waals surface area contributed by atoms with E-state index < -0.39 is 5.69 Å². The van der Waals surface area contributed by atoms with Gasteiger partial charge in [-0.2, -0.15) is 4.98 Å². The van der Waals surface area contributed by atoms with E-state index in [1.807, 2.05) is 0 Å². The van der Waals surface area contributed by atoms with E-state index in [9.17, 15) is 9.59 Å². The summed E-state index contributed by atoms with van der Waals surface area (Å²) in [6, 6.07) is 0. The van der Waals surface area contributed by atoms with Crippen LogP contribution in [0.3, 0.4) is 0 Å². The molecule has 1 rings (SSSR count). The van der Waals surface area contributed by atoms with Crippen molar-refractivity contribution in [2.45, 2.75) is 6.92 Å². The van der Waals surface area contributed by atoms with Crippen molar-refractivity contribution in [3.63, 3.8) is 0 Å². The summed E-state index contributed by atoms with van der Waals surface area (Å²) in [4.78, 5) is 26.6. The topological polar surface area (TPSA) is 74.8 Å². The minimum Gasteiger partial charge on any atom is -0.324 e. The van der Waals surface area contributed by atoms with Gasteiger partial charge in [0.15, 0.2) is 0 Å². The van der Waals surface area contributed by atoms with Gasteiger partial charge in [-0.3, -0.25) is 4.79 Å². The quantitative estimate of drug-likeness (QED) is 0.583. The average Bonchev–Trinajstić information content (AvgIpc) is 1.93. The van der Waals surface area contributed by atoms with E-state index in [1.165, 1.54) is 19.3 Å². The third-order valence-corrected chi connectivity index (χ3v) is 0.992. The normalized spacial score (nSPS) is 9.18. The Morgan fingerprint density at radius 3 is 2.91 bits per heavy atom. The molecule has 0 spiro atoms. The largest absolute Gasteiger partial charge is 0.345 e. The second kappa shape index (κ2) is 2.96. The number of carbonyl (C=O) groups is 1. The van der Waals surface area contributed by atoms with Crippen LogP contribution in [-0.4, -0.2) is 15.9 Å². The number of hydrogen-bond acceptors (Lipinski definition) is 3. The van der Waals surface area contributed by atoms with Crippen LogP contribution in [0.4, 0.5) is 5.69 Å². The fraction of sp³-hybridized carbons (Fsp3) is 0.167. The fourth-order valence-corrected chi connectivity index (χ4v) is 0.614. The molecule has 0 fully saturated rings. The van der Waals surface area contributed by atoms with E-state index in [0.29, 0.717) is 5.69 Å². The van der Waals surface area contributed by atoms with Crippen molar-refractivity contribution in [2.24, 2.45) is 0 Å². The molecule has 0 bridgehead atoms. The van der Waals surface area contributed by atoms with Gasteiger partial charge in [-0.25, -0.2) is 4.79 Å². The predicted octanol–water partition coefficient (Wildman–Crippen LogP) is -0.272. The fourth-order valence-electron chi connectivity index (χ4n) is 0.614. The van der Waals surface area contributed by atoms with Gasteiger partial charge in [0.25, 0.3) is 0 Å². The number of rotatable bonds is 1. The number of anilines is 1. The number of H-pyrrole nitrogens is 1. The second-order valence-corrected chi connectivity index (χ2v) is 1.99. The van der Waals surface area contributed by atoms with Gasteiger partial charge in [0.1, 0.15) is 0 Å². The SMILES string of the molecule is CC(=O)Nc1cnc(=O)[nH]c1. The maximum absolute atomic E-state index is 10.5. The molecule has 0 atom stereocenters. The summed E-state index contributed by atoms with van der Waals surface area (Å²) in [5.74, 6) is -0.196. The van der Waals surface area contributed by atoms with Crippen molar-refractivity contribution in [2.75, 3.05) is 5.32 Å². The first kappa shape index (κ1) is 7.46. The van der Waals surface area contributed by atoms with Crippen LogP contribution < -0.4 is 11.0 Å². The molecular formula is C6H7N3O2. The highest BCUT2D eigenvalue weighted by molar-refractivity contribution is 5.88. The van der Waals surface area contributed by atoms with Crippen LogP contribution in [0.1, 0.15) is 6.92 Å². The highest BCUT2D eigenvalue weighted by atomic mass is 16.1. The molecule has 5 heteroatoms. The Labute approximate surface area is 62.5 Å². The van der Waals surface area contributed by atoms with Crippen LogP contribution in [0.2, 0.25) is 0 Å². The zero-order valence-corrected chi connectivity index (χ0v) is 5.92. The minimum atomic E-state index is -0.431. The third-order valence-electron chi connectivity index (χ3n) is 0.992. The molecule has 11 heavy (non-hydrogen) atoms. The lowest BCUT2D eigenvalue weighted by Crippen LogP contribution is -2.12. The molecule has 0 aliphatic carbocycles. The van der Waals surface area contributed by atoms with Gasteiger partial charge in [-0.15, -0.1) is 0 Å². The molecule has 5 nitrogen and oxygen atoms in total. The molecule has 0 unspecified atom stereocenters. The molecule has 1 amide bonds. The smallest absolute Gasteiger partial charge is 0.324 e. The van der Waals surface area contributed by atoms with E-state index in [2.05, 4.69) is 15.3 Å². The maximum atomic E-state index is 10.5. The number of hydrogen-bond donors (Lipinski definition) is 2. The lowest BCUT2D eigenvalue weighted by molar-refractivity contribution is -0.114. The van der Waals surface area contributed by atoms with Crippen molar-refractivity contribution in [3.05, 3.63) is 22.9 Å². The van der Waals surface area contributed by atoms with E-state index in [4.69, 9.17) is 0 Å². The maximum Gasteiger partial charge on any atom is 0.345 e. The summed E-state index contributed by atoms with van der Waals surface area (Å²) in [7, 11) is 0. The zero-order valence-electron chi connectivity index (χ0n) is 5.92. The monoisotopic (exact) mass is 153 g/mol. The van der Waals surface area contributed by atoms with Crippen LogP contribution in [0.25, 0.3) is 0 Å². The first-order chi connectivity index (χ1) is 5.18. The Bertz CT molecular complexity index is 297. The zero-order chi connectivity index (χ0) is 8.27. The summed E-state index contributed by atoms with van der Waals surface area (Å²) >= 11 is 0. The summed E-state index contributed by atoms with van der Waals surface area (Å²) in [6.45, 7) is 1.38. The van der Waals surface area contributed by atoms with Crippen LogP contribution in [0, 0.1) is 0 Å². The molecule has 1 heterocycles. The summed E-state index contributed by atoms with van der Waals surface area (Å²) in [5.41, 5.74) is 0.0520. The highest BCUT2D eigenvalue weighted by Crippen LogP contribution is 1.96. The lowest BCUT2D eigenvalue weighted by Gasteiger charge is -1.97. The van der Waals surface area contributed by atoms with Gasteiger partial charge in [-0.1, -0.05) is 0 Å². The van der Waals surface area contributed by atoms with Crippen LogP contribution in [0.15, 0.2) is 17.2 Å². The molecule has 0 saturated carbocycles. The average molecular weight is 153 g/mol. The van der Waals surface area contributed by atoms with Crippen LogP contribution in [-0.2, 0) is 4.79 Å². The van der Waals surface area contributed by atoms with E-state index >= 15 is 0 Å². The molecule has 1 aromatic heterocycles. The number of aromatic amines is 1. The van der Waals surface area contributed by atoms with Crippen molar-refractivity contribution >= 4 is 11.6 Å². The number of nitrogens with one attached hydrogen (secondary N) is 2. The van der Waals surface area contributed by atoms with Crippen LogP contribution in [0.5, 0.6) is 0 Å². The highest BCUT2D eigenvalue weighted by Gasteiger charge is 1.93. The summed E-state index contributed by atoms with van der Waals surface area (Å²) in [5, 5.41) is 2.46. The molecule has 0 saturated heterocycles. The van der Waals surface area contributed by atoms with E-state index in [0.717, 1.165) is 0 Å². The van der Waals surface area contributed by atoms with Crippen LogP contribution >= 0.6 is 0 Å². The van der Waals surface area contributed by atoms with Gasteiger partial charge in [-0.05, 0) is 0 Å². The standard InChI is InChI=1S/C6H7N3O2/c1-4(10)9-5-2-7-6(11)8-3-5/h2-3H,1H3,(H,9,10)(H,7,8,11). The van der Waals surface area contributed by atoms with Gasteiger partial charge in [0.2, 0.25) is 5.91 Å². The second-order valence-electron chi connectivity index (χ2n) is 1.99. The molecule has 0 aliphatic rings. The molecule has 1 aromatic rings. The van der Waals surface area contributed by atoms with E-state index in [-0.39, 0.29) is 5.91 Å². The molecule has 2 N–H and O–H groups in total. The number of aromatic nitrogens is 2. The Hall–Kier alpha value is -1.65. The Balaban J connectivity index is 2.82. The van der Waals surface area contributed by atoms with Gasteiger partial charge in [0, 0.05) is 13.1 Å².